The van der Waals surface area contributed by atoms with Gasteiger partial charge in [-0.05, 0) is 384 Å². The summed E-state index contributed by atoms with van der Waals surface area (Å²) in [6.07, 6.45) is 10.4. The van der Waals surface area contributed by atoms with Crippen LogP contribution in [0.3, 0.4) is 0 Å². The van der Waals surface area contributed by atoms with Gasteiger partial charge >= 0.3 is 0 Å². The minimum absolute atomic E-state index is 0.445. The van der Waals surface area contributed by atoms with E-state index in [1.165, 1.54) is 341 Å². The summed E-state index contributed by atoms with van der Waals surface area (Å²) < 4.78 is 16.3. The Labute approximate surface area is 655 Å². The summed E-state index contributed by atoms with van der Waals surface area (Å²) in [4.78, 5) is 0. The van der Waals surface area contributed by atoms with E-state index < -0.39 is 38.7 Å². The lowest BCUT2D eigenvalue weighted by Gasteiger charge is -2.45. The summed E-state index contributed by atoms with van der Waals surface area (Å²) in [5, 5.41) is 73.7. The molecule has 36 rings (SSSR count). The summed E-state index contributed by atoms with van der Waals surface area (Å²) in [6.45, 7) is 16.5. The van der Waals surface area contributed by atoms with E-state index in [-0.39, 0.29) is 0 Å². The molecular weight excluding hydrogens is 1420 g/mol. The van der Waals surface area contributed by atoms with Gasteiger partial charge in [0.05, 0.1) is 10.8 Å². The van der Waals surface area contributed by atoms with Crippen LogP contribution >= 0.6 is 0 Å². The van der Waals surface area contributed by atoms with Gasteiger partial charge in [-0.1, -0.05) is 218 Å². The first kappa shape index (κ1) is 56.6. The highest BCUT2D eigenvalue weighted by atomic mass is 28.4. The van der Waals surface area contributed by atoms with E-state index in [1.54, 1.807) is 0 Å². The highest BCUT2D eigenvalue weighted by Gasteiger charge is 2.61. The molecule has 115 heavy (non-hydrogen) atoms. The lowest BCUT2D eigenvalue weighted by atomic mass is 9.64. The topological polar surface area (TPSA) is 18.5 Å². The number of benzene rings is 22. The van der Waals surface area contributed by atoms with Crippen LogP contribution in [-0.4, -0.2) is 16.6 Å². The predicted molar refractivity (Wildman–Crippen MR) is 490 cm³/mol. The molecule has 0 aromatic heterocycles. The van der Waals surface area contributed by atoms with Crippen LogP contribution in [0.15, 0.2) is 224 Å². The SMILES string of the molecule is Cc1ccc(C23C=CC4(O[Si](C)(C)c5ccccc5)c5ccc6c7ccc8c9ccc%10c%11ccc2c2c%12c3c4c3c5c6c4c7c8c5c9c%10c(c%112)c2c%12c3c4c52)cc1.Cc1ccc(C23C=CC4(O[Si](C)(C)c5ccccc5)c5ccc6c7ccc8c9ccc%10c%11ccc2c2c%12c3c4c3c5c6c4c7c8c5c9c%10c(c%112)c2c%12c3c4c52)cc1C. The maximum absolute atomic E-state index is 8.19. The van der Waals surface area contributed by atoms with Gasteiger partial charge in [-0.25, -0.2) is 0 Å². The second kappa shape index (κ2) is 16.2. The van der Waals surface area contributed by atoms with Crippen LogP contribution < -0.4 is 10.4 Å². The number of hydrogen-bond donors (Lipinski definition) is 0. The Balaban J connectivity index is 0.000000107. The Morgan fingerprint density at radius 1 is 0.209 bits per heavy atom. The van der Waals surface area contributed by atoms with E-state index in [2.05, 4.69) is 271 Å². The van der Waals surface area contributed by atoms with E-state index in [4.69, 9.17) is 8.85 Å². The third-order valence-electron chi connectivity index (χ3n) is 33.4. The number of aryl methyl sites for hydroxylation is 3. The first-order valence-electron chi connectivity index (χ1n) is 41.8. The average molecular weight is 1480 g/mol. The van der Waals surface area contributed by atoms with Crippen molar-refractivity contribution in [3.05, 3.63) is 297 Å². The van der Waals surface area contributed by atoms with Gasteiger partial charge in [-0.15, -0.1) is 0 Å². The second-order valence-electron chi connectivity index (χ2n) is 38.2. The fourth-order valence-corrected chi connectivity index (χ4v) is 34.1. The summed E-state index contributed by atoms with van der Waals surface area (Å²) in [5.74, 6) is 0. The lowest BCUT2D eigenvalue weighted by Crippen LogP contribution is -2.52. The average Bonchev–Trinajstić information content (AvgIpc) is 1.43. The van der Waals surface area contributed by atoms with Crippen LogP contribution in [0.1, 0.15) is 72.3 Å². The van der Waals surface area contributed by atoms with Crippen molar-refractivity contribution in [2.75, 3.05) is 0 Å². The van der Waals surface area contributed by atoms with Crippen molar-refractivity contribution in [1.82, 2.24) is 0 Å². The predicted octanol–water partition coefficient (Wildman–Crippen LogP) is 27.7. The number of fused-ring (bicyclic) bond motifs is 10. The van der Waals surface area contributed by atoms with Gasteiger partial charge in [0.15, 0.2) is 0 Å². The van der Waals surface area contributed by atoms with Crippen molar-refractivity contribution in [2.45, 2.75) is 69.0 Å². The van der Waals surface area contributed by atoms with Crippen molar-refractivity contribution in [3.63, 3.8) is 0 Å². The molecule has 0 spiro atoms. The first-order valence-corrected chi connectivity index (χ1v) is 47.6. The molecule has 4 heteroatoms. The molecule has 30 aromatic carbocycles. The van der Waals surface area contributed by atoms with Gasteiger partial charge in [-0.2, -0.15) is 0 Å². The number of allylic oxidation sites excluding steroid dienone is 2. The van der Waals surface area contributed by atoms with Crippen molar-refractivity contribution < 1.29 is 8.85 Å². The third-order valence-corrected chi connectivity index (χ3v) is 38.6. The highest BCUT2D eigenvalue weighted by Crippen LogP contribution is 2.77. The van der Waals surface area contributed by atoms with Crippen molar-refractivity contribution in [3.8, 4) is 0 Å². The molecule has 4 atom stereocenters. The second-order valence-corrected chi connectivity index (χ2v) is 45.8. The van der Waals surface area contributed by atoms with E-state index in [0.29, 0.717) is 0 Å². The fourth-order valence-electron chi connectivity index (χ4n) is 29.7. The zero-order valence-corrected chi connectivity index (χ0v) is 65.7. The standard InChI is InChI=1S/C56H30OSi.C55H28OSi/c1-23-10-11-25(22-24(23)2)55-20-21-56(57-58(3,4)26-8-6-5-7-9-26)34-19-17-32-30-15-13-28-27-12-14-29-31-16-18-33(55)41-39(31)44-37(29)35(27)43-36(28)38(30)45-40(32)42(34)52-50-48(45)46(43)47(44)49(50)51(41)53(55)54(52)56;1-23-9-11-24(12-10-23)54-21-22-55(56-57(2,3)25-7-5-4-6-8-25)33-20-18-31-29-16-14-27-26-13-15-28-30-17-19-32(54)40-38(30)43-36(28)34(26)42-35(27)37(29)44-39(31)41(33)51-49-47(44)45(42)46(43)48(49)50(40)52(54)53(51)55/h5-22H,1-4H3;4-22H,1-3H3. The molecule has 0 radical (unpaired) electrons. The molecule has 0 saturated carbocycles. The Kier molecular flexibility index (Phi) is 7.94. The molecule has 0 saturated heterocycles. The lowest BCUT2D eigenvalue weighted by molar-refractivity contribution is 0.159. The molecule has 6 aliphatic rings. The molecule has 0 bridgehead atoms. The molecular formula is C111H58O2Si2. The summed E-state index contributed by atoms with van der Waals surface area (Å²) >= 11 is 0. The summed E-state index contributed by atoms with van der Waals surface area (Å²) in [5.41, 5.74) is 15.7. The first-order chi connectivity index (χ1) is 56.3. The molecule has 0 fully saturated rings. The van der Waals surface area contributed by atoms with Crippen molar-refractivity contribution in [2.24, 2.45) is 0 Å². The summed E-state index contributed by atoms with van der Waals surface area (Å²) in [6, 6.07) is 78.8. The molecule has 0 N–H and O–H groups in total. The van der Waals surface area contributed by atoms with Crippen molar-refractivity contribution >= 4 is 286 Å². The molecule has 4 unspecified atom stereocenters. The number of rotatable bonds is 8. The Hall–Kier alpha value is -12.6. The highest BCUT2D eigenvalue weighted by molar-refractivity contribution is 6.85. The Morgan fingerprint density at radius 2 is 0.470 bits per heavy atom. The smallest absolute Gasteiger partial charge is 0.220 e. The quantitative estimate of drug-likeness (QED) is 0.0858. The minimum Gasteiger partial charge on any atom is -0.396 e. The van der Waals surface area contributed by atoms with Crippen molar-refractivity contribution in [1.29, 1.82) is 0 Å². The monoisotopic (exact) mass is 1480 g/mol. The van der Waals surface area contributed by atoms with E-state index in [1.807, 2.05) is 0 Å². The van der Waals surface area contributed by atoms with Crippen LogP contribution in [0.4, 0.5) is 0 Å². The van der Waals surface area contributed by atoms with Crippen LogP contribution in [0.2, 0.25) is 26.2 Å². The van der Waals surface area contributed by atoms with Gasteiger partial charge < -0.3 is 8.85 Å². The minimum atomic E-state index is -2.52. The van der Waals surface area contributed by atoms with Crippen LogP contribution in [0, 0.1) is 20.8 Å². The maximum Gasteiger partial charge on any atom is 0.220 e. The molecule has 30 aromatic rings. The normalized spacial score (nSPS) is 20.6. The number of hydrogen-bond acceptors (Lipinski definition) is 2. The van der Waals surface area contributed by atoms with Gasteiger partial charge in [0, 0.05) is 11.1 Å². The van der Waals surface area contributed by atoms with Gasteiger partial charge in [-0.3, -0.25) is 0 Å². The summed E-state index contributed by atoms with van der Waals surface area (Å²) in [7, 11) is -5.04. The van der Waals surface area contributed by atoms with Crippen LogP contribution in [0.5, 0.6) is 0 Å². The zero-order valence-electron chi connectivity index (χ0n) is 63.7. The van der Waals surface area contributed by atoms with Gasteiger partial charge in [0.1, 0.15) is 11.2 Å². The molecule has 6 aliphatic carbocycles. The molecule has 2 nitrogen and oxygen atoms in total. The Bertz CT molecular complexity index is 9940. The molecule has 522 valence electrons. The zero-order chi connectivity index (χ0) is 74.0. The molecule has 0 heterocycles. The third kappa shape index (κ3) is 4.89. The van der Waals surface area contributed by atoms with Gasteiger partial charge in [0.2, 0.25) is 16.6 Å². The van der Waals surface area contributed by atoms with Gasteiger partial charge in [0.25, 0.3) is 0 Å². The van der Waals surface area contributed by atoms with E-state index >= 15 is 0 Å². The largest absolute Gasteiger partial charge is 0.396 e. The molecule has 0 aliphatic heterocycles. The van der Waals surface area contributed by atoms with Crippen LogP contribution in [0.25, 0.3) is 259 Å². The fraction of sp³-hybridized carbons (Fsp3) is 0.0991. The van der Waals surface area contributed by atoms with E-state index in [9.17, 15) is 0 Å². The maximum atomic E-state index is 8.19. The van der Waals surface area contributed by atoms with Crippen LogP contribution in [-0.2, 0) is 30.9 Å². The Morgan fingerprint density at radius 3 is 0.800 bits per heavy atom. The molecule has 0 amide bonds. The van der Waals surface area contributed by atoms with E-state index in [0.717, 1.165) is 0 Å².